The maximum Gasteiger partial charge on any atom is 0.128 e. The third kappa shape index (κ3) is 3.23. The summed E-state index contributed by atoms with van der Waals surface area (Å²) in [7, 11) is 3.90. The molecule has 2 rings (SSSR count). The van der Waals surface area contributed by atoms with Crippen molar-refractivity contribution in [1.29, 1.82) is 0 Å². The Labute approximate surface area is 122 Å². The summed E-state index contributed by atoms with van der Waals surface area (Å²) in [5.41, 5.74) is 1.16. The molecule has 0 spiro atoms. The van der Waals surface area contributed by atoms with Crippen molar-refractivity contribution < 1.29 is 0 Å². The summed E-state index contributed by atoms with van der Waals surface area (Å²) in [4.78, 5) is 10.9. The van der Waals surface area contributed by atoms with Gasteiger partial charge < -0.3 is 10.2 Å². The summed E-state index contributed by atoms with van der Waals surface area (Å²) < 4.78 is 0.984. The third-order valence-electron chi connectivity index (χ3n) is 3.18. The average molecular weight is 321 g/mol. The second-order valence-corrected chi connectivity index (χ2v) is 5.26. The Morgan fingerprint density at radius 2 is 1.95 bits per heavy atom. The van der Waals surface area contributed by atoms with Gasteiger partial charge >= 0.3 is 0 Å². The number of halogens is 1. The van der Waals surface area contributed by atoms with Crippen LogP contribution in [0.3, 0.4) is 0 Å². The van der Waals surface area contributed by atoms with Gasteiger partial charge in [0.05, 0.1) is 6.04 Å². The normalized spacial score (nSPS) is 12.0. The highest BCUT2D eigenvalue weighted by molar-refractivity contribution is 9.10. The molecule has 1 N–H and O–H groups in total. The molecule has 0 saturated carbocycles. The Balaban J connectivity index is 2.17. The van der Waals surface area contributed by atoms with E-state index in [2.05, 4.69) is 49.1 Å². The monoisotopic (exact) mass is 320 g/mol. The minimum atomic E-state index is 0.215. The third-order valence-corrected chi connectivity index (χ3v) is 3.65. The molecule has 2 aromatic heterocycles. The van der Waals surface area contributed by atoms with Crippen LogP contribution in [-0.4, -0.2) is 24.1 Å². The van der Waals surface area contributed by atoms with Gasteiger partial charge in [-0.05, 0) is 46.6 Å². The van der Waals surface area contributed by atoms with Crippen molar-refractivity contribution in [1.82, 2.24) is 9.97 Å². The molecule has 0 aliphatic rings. The standard InChI is InChI=1S/C14H17BrN4/c1-10(11-4-6-13(16-2)17-8-11)19(3)14-7-5-12(15)9-18-14/h4-10H,1-3H3,(H,16,17)/t10-/m0/s1. The van der Waals surface area contributed by atoms with Crippen LogP contribution < -0.4 is 10.2 Å². The van der Waals surface area contributed by atoms with Crippen LogP contribution >= 0.6 is 15.9 Å². The van der Waals surface area contributed by atoms with Crippen molar-refractivity contribution in [2.45, 2.75) is 13.0 Å². The maximum absolute atomic E-state index is 4.40. The van der Waals surface area contributed by atoms with Crippen molar-refractivity contribution in [3.8, 4) is 0 Å². The van der Waals surface area contributed by atoms with E-state index in [1.807, 2.05) is 38.5 Å². The molecule has 0 unspecified atom stereocenters. The molecule has 2 aromatic rings. The molecule has 4 nitrogen and oxygen atoms in total. The van der Waals surface area contributed by atoms with Gasteiger partial charge in [0, 0.05) is 31.0 Å². The van der Waals surface area contributed by atoms with E-state index in [0.29, 0.717) is 0 Å². The summed E-state index contributed by atoms with van der Waals surface area (Å²) in [6.45, 7) is 2.14. The zero-order valence-corrected chi connectivity index (χ0v) is 12.8. The van der Waals surface area contributed by atoms with E-state index in [1.165, 1.54) is 0 Å². The lowest BCUT2D eigenvalue weighted by molar-refractivity contribution is 0.725. The molecule has 1 atom stereocenters. The Morgan fingerprint density at radius 3 is 2.47 bits per heavy atom. The number of hydrogen-bond donors (Lipinski definition) is 1. The predicted molar refractivity (Wildman–Crippen MR) is 82.5 cm³/mol. The quantitative estimate of drug-likeness (QED) is 0.936. The highest BCUT2D eigenvalue weighted by Gasteiger charge is 2.13. The van der Waals surface area contributed by atoms with Crippen molar-refractivity contribution in [3.05, 3.63) is 46.7 Å². The fraction of sp³-hybridized carbons (Fsp3) is 0.286. The van der Waals surface area contributed by atoms with E-state index in [9.17, 15) is 0 Å². The van der Waals surface area contributed by atoms with Crippen molar-refractivity contribution >= 4 is 27.6 Å². The van der Waals surface area contributed by atoms with E-state index in [4.69, 9.17) is 0 Å². The number of nitrogens with one attached hydrogen (secondary N) is 1. The first-order chi connectivity index (χ1) is 9.11. The molecular formula is C14H17BrN4. The van der Waals surface area contributed by atoms with Crippen LogP contribution in [0, 0.1) is 0 Å². The molecule has 0 fully saturated rings. The van der Waals surface area contributed by atoms with Gasteiger partial charge in [-0.25, -0.2) is 9.97 Å². The van der Waals surface area contributed by atoms with Crippen molar-refractivity contribution in [2.75, 3.05) is 24.3 Å². The lowest BCUT2D eigenvalue weighted by Crippen LogP contribution is -2.22. The number of pyridine rings is 2. The van der Waals surface area contributed by atoms with Gasteiger partial charge in [-0.15, -0.1) is 0 Å². The first-order valence-corrected chi connectivity index (χ1v) is 6.89. The maximum atomic E-state index is 4.40. The topological polar surface area (TPSA) is 41.0 Å². The van der Waals surface area contributed by atoms with Crippen LogP contribution in [0.25, 0.3) is 0 Å². The molecule has 100 valence electrons. The molecule has 0 aliphatic carbocycles. The minimum absolute atomic E-state index is 0.215. The number of anilines is 2. The lowest BCUT2D eigenvalue weighted by atomic mass is 10.1. The fourth-order valence-corrected chi connectivity index (χ4v) is 2.03. The van der Waals surface area contributed by atoms with Gasteiger partial charge in [0.2, 0.25) is 0 Å². The van der Waals surface area contributed by atoms with Crippen LogP contribution in [0.5, 0.6) is 0 Å². The summed E-state index contributed by atoms with van der Waals surface area (Å²) >= 11 is 3.39. The molecule has 0 saturated heterocycles. The molecule has 19 heavy (non-hydrogen) atoms. The number of nitrogens with zero attached hydrogens (tertiary/aromatic N) is 3. The Morgan fingerprint density at radius 1 is 1.16 bits per heavy atom. The summed E-state index contributed by atoms with van der Waals surface area (Å²) in [6.07, 6.45) is 3.70. The fourth-order valence-electron chi connectivity index (χ4n) is 1.80. The Hall–Kier alpha value is -1.62. The molecular weight excluding hydrogens is 304 g/mol. The van der Waals surface area contributed by atoms with Crippen LogP contribution in [0.4, 0.5) is 11.6 Å². The summed E-state index contributed by atoms with van der Waals surface area (Å²) in [5, 5.41) is 3.02. The van der Waals surface area contributed by atoms with Gasteiger partial charge in [-0.3, -0.25) is 0 Å². The second-order valence-electron chi connectivity index (χ2n) is 4.35. The van der Waals surface area contributed by atoms with Crippen LogP contribution in [-0.2, 0) is 0 Å². The molecule has 0 radical (unpaired) electrons. The molecule has 0 aliphatic heterocycles. The van der Waals surface area contributed by atoms with Crippen LogP contribution in [0.15, 0.2) is 41.1 Å². The molecule has 0 bridgehead atoms. The van der Waals surface area contributed by atoms with Gasteiger partial charge in [0.1, 0.15) is 11.6 Å². The molecule has 5 heteroatoms. The summed E-state index contributed by atoms with van der Waals surface area (Å²) in [5.74, 6) is 1.81. The zero-order chi connectivity index (χ0) is 13.8. The van der Waals surface area contributed by atoms with Crippen LogP contribution in [0.2, 0.25) is 0 Å². The number of rotatable bonds is 4. The van der Waals surface area contributed by atoms with Gasteiger partial charge in [-0.2, -0.15) is 0 Å². The average Bonchev–Trinajstić information content (AvgIpc) is 2.46. The largest absolute Gasteiger partial charge is 0.373 e. The first kappa shape index (κ1) is 13.8. The van der Waals surface area contributed by atoms with Gasteiger partial charge in [-0.1, -0.05) is 6.07 Å². The second kappa shape index (κ2) is 6.02. The van der Waals surface area contributed by atoms with E-state index in [1.54, 1.807) is 6.20 Å². The smallest absolute Gasteiger partial charge is 0.128 e. The lowest BCUT2D eigenvalue weighted by Gasteiger charge is -2.26. The molecule has 0 amide bonds. The van der Waals surface area contributed by atoms with E-state index < -0.39 is 0 Å². The van der Waals surface area contributed by atoms with Crippen molar-refractivity contribution in [2.24, 2.45) is 0 Å². The van der Waals surface area contributed by atoms with Gasteiger partial charge in [0.15, 0.2) is 0 Å². The van der Waals surface area contributed by atoms with Gasteiger partial charge in [0.25, 0.3) is 0 Å². The highest BCUT2D eigenvalue weighted by atomic mass is 79.9. The number of aromatic nitrogens is 2. The highest BCUT2D eigenvalue weighted by Crippen LogP contribution is 2.24. The zero-order valence-electron chi connectivity index (χ0n) is 11.3. The minimum Gasteiger partial charge on any atom is -0.373 e. The Bertz CT molecular complexity index is 524. The van der Waals surface area contributed by atoms with E-state index in [-0.39, 0.29) is 6.04 Å². The van der Waals surface area contributed by atoms with E-state index in [0.717, 1.165) is 21.7 Å². The first-order valence-electron chi connectivity index (χ1n) is 6.10. The SMILES string of the molecule is CNc1ccc([C@H](C)N(C)c2ccc(Br)cn2)cn1. The summed E-state index contributed by atoms with van der Waals surface area (Å²) in [6, 6.07) is 8.27. The number of hydrogen-bond acceptors (Lipinski definition) is 4. The molecule has 0 aromatic carbocycles. The Kier molecular flexibility index (Phi) is 4.37. The predicted octanol–water partition coefficient (Wildman–Crippen LogP) is 3.48. The molecule has 2 heterocycles. The van der Waals surface area contributed by atoms with Crippen molar-refractivity contribution in [3.63, 3.8) is 0 Å². The van der Waals surface area contributed by atoms with Crippen LogP contribution in [0.1, 0.15) is 18.5 Å². The van der Waals surface area contributed by atoms with E-state index >= 15 is 0 Å².